The van der Waals surface area contributed by atoms with Crippen molar-refractivity contribution >= 4 is 17.6 Å². The third kappa shape index (κ3) is 7.09. The van der Waals surface area contributed by atoms with Crippen molar-refractivity contribution in [1.82, 2.24) is 30.3 Å². The molecule has 0 saturated heterocycles. The van der Waals surface area contributed by atoms with Crippen LogP contribution in [0.2, 0.25) is 0 Å². The summed E-state index contributed by atoms with van der Waals surface area (Å²) in [6.45, 7) is 3.51. The Morgan fingerprint density at radius 2 is 2.04 bits per heavy atom. The maximum atomic E-state index is 12.4. The summed E-state index contributed by atoms with van der Waals surface area (Å²) in [5.74, 6) is 0.317. The van der Waals surface area contributed by atoms with Crippen LogP contribution in [0.15, 0.2) is 30.6 Å². The quantitative estimate of drug-likeness (QED) is 0.552. The normalized spacial score (nSPS) is 12.0. The Balaban J connectivity index is 1.79. The number of nitrogens with one attached hydrogen (secondary N) is 3. The second-order valence-electron chi connectivity index (χ2n) is 6.99. The Kier molecular flexibility index (Phi) is 8.09. The Bertz CT molecular complexity index is 788. The molecule has 9 heteroatoms. The first-order valence-corrected chi connectivity index (χ1v) is 9.24. The molecule has 2 heterocycles. The summed E-state index contributed by atoms with van der Waals surface area (Å²) in [4.78, 5) is 30.7. The molecule has 2 aromatic heterocycles. The van der Waals surface area contributed by atoms with Crippen molar-refractivity contribution in [1.29, 1.82) is 0 Å². The van der Waals surface area contributed by atoms with Crippen LogP contribution in [0.5, 0.6) is 0 Å². The predicted molar refractivity (Wildman–Crippen MR) is 108 cm³/mol. The molecule has 0 radical (unpaired) electrons. The Morgan fingerprint density at radius 3 is 2.71 bits per heavy atom. The van der Waals surface area contributed by atoms with E-state index in [1.54, 1.807) is 42.3 Å². The van der Waals surface area contributed by atoms with Gasteiger partial charge in [-0.3, -0.25) is 19.3 Å². The molecular formula is C19H29N7O2. The van der Waals surface area contributed by atoms with Crippen LogP contribution in [0.3, 0.4) is 0 Å². The molecule has 0 aliphatic carbocycles. The van der Waals surface area contributed by atoms with Crippen LogP contribution in [0, 0.1) is 0 Å². The fourth-order valence-corrected chi connectivity index (χ4v) is 2.56. The number of carbonyl (C=O) groups excluding carboxylic acids is 2. The number of amides is 2. The van der Waals surface area contributed by atoms with Gasteiger partial charge in [-0.05, 0) is 46.1 Å². The van der Waals surface area contributed by atoms with Crippen LogP contribution in [-0.4, -0.2) is 64.7 Å². The molecule has 0 saturated carbocycles. The highest BCUT2D eigenvalue weighted by Crippen LogP contribution is 2.08. The van der Waals surface area contributed by atoms with Gasteiger partial charge in [0, 0.05) is 37.5 Å². The molecule has 0 fully saturated rings. The van der Waals surface area contributed by atoms with Gasteiger partial charge in [0.05, 0.1) is 18.4 Å². The number of aryl methyl sites for hydroxylation is 1. The van der Waals surface area contributed by atoms with E-state index in [0.717, 1.165) is 13.0 Å². The van der Waals surface area contributed by atoms with E-state index in [0.29, 0.717) is 23.6 Å². The van der Waals surface area contributed by atoms with Crippen molar-refractivity contribution in [3.05, 3.63) is 41.9 Å². The first-order chi connectivity index (χ1) is 13.3. The molecule has 1 atom stereocenters. The molecule has 2 rings (SSSR count). The molecule has 0 aromatic carbocycles. The van der Waals surface area contributed by atoms with Gasteiger partial charge in [-0.2, -0.15) is 5.10 Å². The zero-order valence-electron chi connectivity index (χ0n) is 16.9. The number of hydrogen-bond donors (Lipinski definition) is 3. The SMILES string of the molecule is CC(CCN(C)C)NC(=O)CNCc1cc(C(=O)Nc2ccnn2C)ccn1. The van der Waals surface area contributed by atoms with E-state index in [-0.39, 0.29) is 24.4 Å². The Hall–Kier alpha value is -2.78. The standard InChI is InChI=1S/C19H29N7O2/c1-14(7-10-25(2)3)23-18(27)13-20-12-16-11-15(5-8-21-16)19(28)24-17-6-9-22-26(17)4/h5-6,8-9,11,14,20H,7,10,12-13H2,1-4H3,(H,23,27)(H,24,28). The summed E-state index contributed by atoms with van der Waals surface area (Å²) < 4.78 is 1.58. The van der Waals surface area contributed by atoms with Gasteiger partial charge in [0.15, 0.2) is 0 Å². The molecule has 2 amide bonds. The maximum absolute atomic E-state index is 12.4. The minimum Gasteiger partial charge on any atom is -0.352 e. The molecular weight excluding hydrogens is 358 g/mol. The molecule has 9 nitrogen and oxygen atoms in total. The minimum atomic E-state index is -0.236. The van der Waals surface area contributed by atoms with Gasteiger partial charge in [-0.25, -0.2) is 0 Å². The number of rotatable bonds is 10. The largest absolute Gasteiger partial charge is 0.352 e. The molecule has 3 N–H and O–H groups in total. The fourth-order valence-electron chi connectivity index (χ4n) is 2.56. The van der Waals surface area contributed by atoms with Crippen molar-refractivity contribution in [2.75, 3.05) is 32.5 Å². The van der Waals surface area contributed by atoms with E-state index in [9.17, 15) is 9.59 Å². The highest BCUT2D eigenvalue weighted by atomic mass is 16.2. The molecule has 0 spiro atoms. The van der Waals surface area contributed by atoms with Crippen LogP contribution in [-0.2, 0) is 18.4 Å². The molecule has 1 unspecified atom stereocenters. The van der Waals surface area contributed by atoms with Crippen molar-refractivity contribution in [3.63, 3.8) is 0 Å². The van der Waals surface area contributed by atoms with Crippen LogP contribution >= 0.6 is 0 Å². The third-order valence-corrected chi connectivity index (χ3v) is 4.15. The summed E-state index contributed by atoms with van der Waals surface area (Å²) in [6.07, 6.45) is 4.09. The van der Waals surface area contributed by atoms with Gasteiger partial charge in [0.2, 0.25) is 5.91 Å². The number of anilines is 1. The Morgan fingerprint density at radius 1 is 1.25 bits per heavy atom. The maximum Gasteiger partial charge on any atom is 0.256 e. The van der Waals surface area contributed by atoms with E-state index >= 15 is 0 Å². The van der Waals surface area contributed by atoms with Crippen LogP contribution in [0.25, 0.3) is 0 Å². The van der Waals surface area contributed by atoms with E-state index in [1.807, 2.05) is 21.0 Å². The lowest BCUT2D eigenvalue weighted by Gasteiger charge is -2.16. The van der Waals surface area contributed by atoms with E-state index in [1.165, 1.54) is 0 Å². The summed E-state index contributed by atoms with van der Waals surface area (Å²) in [5.41, 5.74) is 1.18. The number of carbonyl (C=O) groups is 2. The lowest BCUT2D eigenvalue weighted by molar-refractivity contribution is -0.120. The van der Waals surface area contributed by atoms with Gasteiger partial charge in [-0.1, -0.05) is 0 Å². The second-order valence-corrected chi connectivity index (χ2v) is 6.99. The van der Waals surface area contributed by atoms with Gasteiger partial charge in [0.25, 0.3) is 5.91 Å². The summed E-state index contributed by atoms with van der Waals surface area (Å²) in [7, 11) is 5.77. The van der Waals surface area contributed by atoms with Crippen molar-refractivity contribution in [2.45, 2.75) is 25.9 Å². The lowest BCUT2D eigenvalue weighted by atomic mass is 10.2. The number of hydrogen-bond acceptors (Lipinski definition) is 6. The third-order valence-electron chi connectivity index (χ3n) is 4.15. The molecule has 0 bridgehead atoms. The molecule has 152 valence electrons. The minimum absolute atomic E-state index is 0.0589. The van der Waals surface area contributed by atoms with Crippen LogP contribution in [0.4, 0.5) is 5.82 Å². The van der Waals surface area contributed by atoms with Gasteiger partial charge in [0.1, 0.15) is 5.82 Å². The molecule has 0 aliphatic rings. The topological polar surface area (TPSA) is 104 Å². The van der Waals surface area contributed by atoms with Crippen molar-refractivity contribution in [2.24, 2.45) is 7.05 Å². The molecule has 0 aliphatic heterocycles. The molecule has 2 aromatic rings. The fraction of sp³-hybridized carbons (Fsp3) is 0.474. The van der Waals surface area contributed by atoms with Crippen LogP contribution in [0.1, 0.15) is 29.4 Å². The smallest absolute Gasteiger partial charge is 0.256 e. The summed E-state index contributed by atoms with van der Waals surface area (Å²) >= 11 is 0. The first kappa shape index (κ1) is 21.5. The zero-order valence-corrected chi connectivity index (χ0v) is 16.9. The first-order valence-electron chi connectivity index (χ1n) is 9.24. The van der Waals surface area contributed by atoms with E-state index < -0.39 is 0 Å². The molecule has 28 heavy (non-hydrogen) atoms. The highest BCUT2D eigenvalue weighted by Gasteiger charge is 2.10. The average molecular weight is 387 g/mol. The average Bonchev–Trinajstić information content (AvgIpc) is 3.05. The zero-order chi connectivity index (χ0) is 20.5. The summed E-state index contributed by atoms with van der Waals surface area (Å²) in [6, 6.07) is 5.19. The number of nitrogens with zero attached hydrogens (tertiary/aromatic N) is 4. The monoisotopic (exact) mass is 387 g/mol. The van der Waals surface area contributed by atoms with Crippen molar-refractivity contribution < 1.29 is 9.59 Å². The lowest BCUT2D eigenvalue weighted by Crippen LogP contribution is -2.40. The van der Waals surface area contributed by atoms with Gasteiger partial charge in [-0.15, -0.1) is 0 Å². The summed E-state index contributed by atoms with van der Waals surface area (Å²) in [5, 5.41) is 12.8. The highest BCUT2D eigenvalue weighted by molar-refractivity contribution is 6.03. The van der Waals surface area contributed by atoms with Gasteiger partial charge >= 0.3 is 0 Å². The van der Waals surface area contributed by atoms with Gasteiger partial charge < -0.3 is 20.9 Å². The number of aromatic nitrogens is 3. The Labute approximate surface area is 165 Å². The van der Waals surface area contributed by atoms with Crippen LogP contribution < -0.4 is 16.0 Å². The van der Waals surface area contributed by atoms with Crippen molar-refractivity contribution in [3.8, 4) is 0 Å². The van der Waals surface area contributed by atoms with E-state index in [4.69, 9.17) is 0 Å². The second kappa shape index (κ2) is 10.5. The van der Waals surface area contributed by atoms with E-state index in [2.05, 4.69) is 30.9 Å². The predicted octanol–water partition coefficient (Wildman–Crippen LogP) is 0.613. The number of pyridine rings is 1.